The Morgan fingerprint density at radius 1 is 1.58 bits per heavy atom. The van der Waals surface area contributed by atoms with E-state index < -0.39 is 10.0 Å². The summed E-state index contributed by atoms with van der Waals surface area (Å²) < 4.78 is 27.9. The summed E-state index contributed by atoms with van der Waals surface area (Å²) in [5, 5.41) is 4.08. The molecule has 0 bridgehead atoms. The maximum absolute atomic E-state index is 12.5. The van der Waals surface area contributed by atoms with Crippen molar-refractivity contribution in [1.29, 1.82) is 0 Å². The molecule has 2 rings (SSSR count). The largest absolute Gasteiger partial charge is 0.330 e. The summed E-state index contributed by atoms with van der Waals surface area (Å²) in [6.45, 7) is 2.83. The molecule has 2 N–H and O–H groups in total. The molecule has 0 aromatic carbocycles. The van der Waals surface area contributed by atoms with E-state index in [1.165, 1.54) is 15.2 Å². The number of hydrogen-bond donors (Lipinski definition) is 1. The van der Waals surface area contributed by atoms with Crippen LogP contribution in [0.5, 0.6) is 0 Å². The minimum Gasteiger partial charge on any atom is -0.330 e. The third-order valence-corrected chi connectivity index (χ3v) is 5.82. The number of sulfonamides is 1. The van der Waals surface area contributed by atoms with E-state index >= 15 is 0 Å². The molecule has 0 spiro atoms. The molecule has 2 unspecified atom stereocenters. The van der Waals surface area contributed by atoms with Crippen molar-refractivity contribution in [3.63, 3.8) is 0 Å². The zero-order valence-corrected chi connectivity index (χ0v) is 13.2. The Balaban J connectivity index is 0.00000180. The Morgan fingerprint density at radius 3 is 2.63 bits per heavy atom. The molecule has 2 atom stereocenters. The molecule has 19 heavy (non-hydrogen) atoms. The molecular formula is C10H18Cl2N4O2S. The number of rotatable bonds is 3. The van der Waals surface area contributed by atoms with Gasteiger partial charge in [0, 0.05) is 19.6 Å². The molecule has 0 saturated carbocycles. The van der Waals surface area contributed by atoms with E-state index in [9.17, 15) is 8.42 Å². The predicted molar refractivity (Wildman–Crippen MR) is 76.0 cm³/mol. The molecule has 0 radical (unpaired) electrons. The van der Waals surface area contributed by atoms with Gasteiger partial charge in [0.1, 0.15) is 0 Å². The molecule has 2 heterocycles. The van der Waals surface area contributed by atoms with E-state index in [4.69, 9.17) is 17.3 Å². The number of nitrogens with zero attached hydrogens (tertiary/aromatic N) is 3. The lowest BCUT2D eigenvalue weighted by molar-refractivity contribution is 0.399. The zero-order chi connectivity index (χ0) is 13.5. The highest BCUT2D eigenvalue weighted by atomic mass is 35.5. The van der Waals surface area contributed by atoms with Gasteiger partial charge >= 0.3 is 0 Å². The van der Waals surface area contributed by atoms with Crippen LogP contribution in [0.1, 0.15) is 13.3 Å². The second-order valence-electron chi connectivity index (χ2n) is 4.68. The minimum absolute atomic E-state index is 0. The van der Waals surface area contributed by atoms with Crippen LogP contribution in [0.15, 0.2) is 11.2 Å². The fourth-order valence-corrected chi connectivity index (χ4v) is 4.74. The lowest BCUT2D eigenvalue weighted by atomic mass is 10.1. The van der Waals surface area contributed by atoms with Crippen molar-refractivity contribution in [3.05, 3.63) is 11.2 Å². The summed E-state index contributed by atoms with van der Waals surface area (Å²) in [6.07, 6.45) is 2.13. The quantitative estimate of drug-likeness (QED) is 0.891. The first-order chi connectivity index (χ1) is 8.37. The standard InChI is InChI=1S/C10H17ClN4O2S.ClH/c1-7-3-8(4-12)6-15(7)18(16,17)10-9(11)5-13-14(10)2;/h5,7-8H,3-4,6,12H2,1-2H3;1H. The molecular weight excluding hydrogens is 311 g/mol. The van der Waals surface area contributed by atoms with Gasteiger partial charge in [0.15, 0.2) is 5.03 Å². The first-order valence-electron chi connectivity index (χ1n) is 5.77. The third kappa shape index (κ3) is 2.90. The van der Waals surface area contributed by atoms with Gasteiger partial charge in [0.2, 0.25) is 0 Å². The van der Waals surface area contributed by atoms with Crippen LogP contribution in [0.4, 0.5) is 0 Å². The van der Waals surface area contributed by atoms with Crippen LogP contribution in [0.2, 0.25) is 5.02 Å². The first kappa shape index (κ1) is 16.7. The number of aryl methyl sites for hydroxylation is 1. The van der Waals surface area contributed by atoms with Crippen molar-refractivity contribution in [2.24, 2.45) is 18.7 Å². The topological polar surface area (TPSA) is 81.2 Å². The molecule has 1 aromatic rings. The van der Waals surface area contributed by atoms with Crippen molar-refractivity contribution in [3.8, 4) is 0 Å². The molecule has 1 saturated heterocycles. The van der Waals surface area contributed by atoms with Crippen LogP contribution in [-0.2, 0) is 17.1 Å². The summed E-state index contributed by atoms with van der Waals surface area (Å²) in [4.78, 5) is 0. The van der Waals surface area contributed by atoms with Crippen LogP contribution in [0, 0.1) is 5.92 Å². The lowest BCUT2D eigenvalue weighted by Crippen LogP contribution is -2.35. The van der Waals surface area contributed by atoms with Gasteiger partial charge in [-0.1, -0.05) is 11.6 Å². The Hall–Kier alpha value is -0.340. The monoisotopic (exact) mass is 328 g/mol. The van der Waals surface area contributed by atoms with E-state index in [0.29, 0.717) is 13.1 Å². The summed E-state index contributed by atoms with van der Waals surface area (Å²) in [7, 11) is -2.03. The van der Waals surface area contributed by atoms with Crippen LogP contribution >= 0.6 is 24.0 Å². The van der Waals surface area contributed by atoms with E-state index in [-0.39, 0.29) is 34.4 Å². The highest BCUT2D eigenvalue weighted by Crippen LogP contribution is 2.31. The Labute approximate surface area is 124 Å². The van der Waals surface area contributed by atoms with Crippen molar-refractivity contribution in [1.82, 2.24) is 14.1 Å². The van der Waals surface area contributed by atoms with Crippen LogP contribution in [0.3, 0.4) is 0 Å². The summed E-state index contributed by atoms with van der Waals surface area (Å²) in [6, 6.07) is -0.0606. The van der Waals surface area contributed by atoms with Gasteiger partial charge in [-0.3, -0.25) is 4.68 Å². The predicted octanol–water partition coefficient (Wildman–Crippen LogP) is 0.853. The second-order valence-corrected chi connectivity index (χ2v) is 6.90. The SMILES string of the molecule is CC1CC(CN)CN1S(=O)(=O)c1c(Cl)cnn1C.Cl. The highest BCUT2D eigenvalue weighted by molar-refractivity contribution is 7.89. The Morgan fingerprint density at radius 2 is 2.21 bits per heavy atom. The fourth-order valence-electron chi connectivity index (χ4n) is 2.42. The van der Waals surface area contributed by atoms with E-state index in [2.05, 4.69) is 5.10 Å². The summed E-state index contributed by atoms with van der Waals surface area (Å²) in [5.74, 6) is 0.210. The normalized spacial score (nSPS) is 24.4. The third-order valence-electron chi connectivity index (χ3n) is 3.33. The summed E-state index contributed by atoms with van der Waals surface area (Å²) >= 11 is 5.91. The Kier molecular flexibility index (Phi) is 5.25. The van der Waals surface area contributed by atoms with Crippen molar-refractivity contribution in [2.45, 2.75) is 24.4 Å². The fraction of sp³-hybridized carbons (Fsp3) is 0.700. The zero-order valence-electron chi connectivity index (χ0n) is 10.8. The summed E-state index contributed by atoms with van der Waals surface area (Å²) in [5.41, 5.74) is 5.61. The van der Waals surface area contributed by atoms with Crippen LogP contribution < -0.4 is 5.73 Å². The van der Waals surface area contributed by atoms with Crippen LogP contribution in [-0.4, -0.2) is 41.6 Å². The van der Waals surface area contributed by atoms with E-state index in [1.54, 1.807) is 7.05 Å². The molecule has 1 aliphatic rings. The minimum atomic E-state index is -3.60. The average molecular weight is 329 g/mol. The molecule has 0 aliphatic carbocycles. The lowest BCUT2D eigenvalue weighted by Gasteiger charge is -2.21. The van der Waals surface area contributed by atoms with Gasteiger partial charge in [-0.25, -0.2) is 8.42 Å². The van der Waals surface area contributed by atoms with Gasteiger partial charge in [-0.2, -0.15) is 9.40 Å². The van der Waals surface area contributed by atoms with E-state index in [1.807, 2.05) is 6.92 Å². The number of hydrogen-bond acceptors (Lipinski definition) is 4. The molecule has 6 nitrogen and oxygen atoms in total. The van der Waals surface area contributed by atoms with Crippen molar-refractivity contribution >= 4 is 34.0 Å². The number of nitrogens with two attached hydrogens (primary N) is 1. The first-order valence-corrected chi connectivity index (χ1v) is 7.59. The van der Waals surface area contributed by atoms with Crippen LogP contribution in [0.25, 0.3) is 0 Å². The molecule has 1 aromatic heterocycles. The highest BCUT2D eigenvalue weighted by Gasteiger charge is 2.39. The number of aromatic nitrogens is 2. The van der Waals surface area contributed by atoms with Gasteiger partial charge in [-0.05, 0) is 25.8 Å². The van der Waals surface area contributed by atoms with Gasteiger partial charge in [0.25, 0.3) is 10.0 Å². The average Bonchev–Trinajstić information content (AvgIpc) is 2.82. The maximum atomic E-state index is 12.5. The van der Waals surface area contributed by atoms with E-state index in [0.717, 1.165) is 6.42 Å². The molecule has 1 aliphatic heterocycles. The molecule has 1 fully saturated rings. The van der Waals surface area contributed by atoms with Gasteiger partial charge < -0.3 is 5.73 Å². The van der Waals surface area contributed by atoms with Crippen molar-refractivity contribution < 1.29 is 8.42 Å². The molecule has 110 valence electrons. The smallest absolute Gasteiger partial charge is 0.261 e. The maximum Gasteiger partial charge on any atom is 0.261 e. The molecule has 9 heteroatoms. The van der Waals surface area contributed by atoms with Crippen molar-refractivity contribution in [2.75, 3.05) is 13.1 Å². The second kappa shape index (κ2) is 5.97. The Bertz CT molecular complexity index is 526. The molecule has 0 amide bonds. The van der Waals surface area contributed by atoms with Gasteiger partial charge in [-0.15, -0.1) is 12.4 Å². The number of halogens is 2. The van der Waals surface area contributed by atoms with Gasteiger partial charge in [0.05, 0.1) is 11.2 Å².